The number of methoxy groups -OCH3 is 4. The van der Waals surface area contributed by atoms with Crippen molar-refractivity contribution in [2.24, 2.45) is 0 Å². The van der Waals surface area contributed by atoms with Crippen molar-refractivity contribution in [3.8, 4) is 0 Å². The van der Waals surface area contributed by atoms with E-state index in [4.69, 9.17) is 18.9 Å². The van der Waals surface area contributed by atoms with Crippen molar-refractivity contribution in [1.82, 2.24) is 4.90 Å². The molecule has 0 bridgehead atoms. The van der Waals surface area contributed by atoms with Crippen LogP contribution in [0.5, 0.6) is 0 Å². The van der Waals surface area contributed by atoms with E-state index in [0.717, 1.165) is 34.0 Å². The zero-order valence-electron chi connectivity index (χ0n) is 20.0. The minimum Gasteiger partial charge on any atom is -0.466 e. The van der Waals surface area contributed by atoms with Gasteiger partial charge in [0.1, 0.15) is 16.8 Å². The lowest BCUT2D eigenvalue weighted by atomic mass is 9.72. The summed E-state index contributed by atoms with van der Waals surface area (Å²) in [5.74, 6) is -3.89. The Morgan fingerprint density at radius 1 is 0.771 bits per heavy atom. The highest BCUT2D eigenvalue weighted by atomic mass is 16.5. The number of hydrogen-bond donors (Lipinski definition) is 0. The molecule has 182 valence electrons. The molecule has 35 heavy (non-hydrogen) atoms. The Hall–Kier alpha value is -4.40. The molecule has 0 amide bonds. The van der Waals surface area contributed by atoms with Crippen molar-refractivity contribution in [3.63, 3.8) is 0 Å². The van der Waals surface area contributed by atoms with E-state index in [0.29, 0.717) is 5.57 Å². The molecule has 9 nitrogen and oxygen atoms in total. The van der Waals surface area contributed by atoms with E-state index in [1.165, 1.54) is 11.1 Å². The second-order valence-corrected chi connectivity index (χ2v) is 7.51. The van der Waals surface area contributed by atoms with Crippen LogP contribution in [0.25, 0.3) is 6.08 Å². The van der Waals surface area contributed by atoms with Gasteiger partial charge in [-0.2, -0.15) is 0 Å². The molecule has 2 aliphatic rings. The Bertz CT molecular complexity index is 1220. The number of nitrogens with zero attached hydrogens (tertiary/aromatic N) is 1. The van der Waals surface area contributed by atoms with Crippen LogP contribution >= 0.6 is 0 Å². The second kappa shape index (κ2) is 10.3. The predicted molar refractivity (Wildman–Crippen MR) is 125 cm³/mol. The lowest BCUT2D eigenvalue weighted by Gasteiger charge is -2.48. The van der Waals surface area contributed by atoms with Crippen molar-refractivity contribution >= 4 is 30.0 Å². The highest BCUT2D eigenvalue weighted by Crippen LogP contribution is 2.48. The van der Waals surface area contributed by atoms with Crippen molar-refractivity contribution in [3.05, 3.63) is 88.3 Å². The van der Waals surface area contributed by atoms with Gasteiger partial charge in [-0.05, 0) is 30.2 Å². The van der Waals surface area contributed by atoms with Gasteiger partial charge in [-0.3, -0.25) is 0 Å². The molecule has 1 atom stereocenters. The number of hydrogen-bond acceptors (Lipinski definition) is 9. The fraction of sp³-hybridized carbons (Fsp3) is 0.231. The van der Waals surface area contributed by atoms with Crippen LogP contribution in [0.1, 0.15) is 12.5 Å². The third-order valence-corrected chi connectivity index (χ3v) is 5.75. The molecule has 0 saturated heterocycles. The van der Waals surface area contributed by atoms with Gasteiger partial charge >= 0.3 is 23.9 Å². The van der Waals surface area contributed by atoms with Gasteiger partial charge in [0, 0.05) is 6.20 Å². The summed E-state index contributed by atoms with van der Waals surface area (Å²) >= 11 is 0. The summed E-state index contributed by atoms with van der Waals surface area (Å²) in [4.78, 5) is 53.9. The fourth-order valence-corrected chi connectivity index (χ4v) is 4.23. The predicted octanol–water partition coefficient (Wildman–Crippen LogP) is 2.47. The fourth-order valence-electron chi connectivity index (χ4n) is 4.23. The molecule has 0 saturated carbocycles. The Morgan fingerprint density at radius 3 is 1.91 bits per heavy atom. The van der Waals surface area contributed by atoms with Crippen LogP contribution in [-0.2, 0) is 38.1 Å². The molecule has 1 aromatic rings. The van der Waals surface area contributed by atoms with Crippen molar-refractivity contribution in [1.29, 1.82) is 0 Å². The minimum atomic E-state index is -1.54. The summed E-state index contributed by atoms with van der Waals surface area (Å²) in [6, 6.07) is 9.26. The molecule has 9 heteroatoms. The first-order chi connectivity index (χ1) is 16.8. The molecule has 2 heterocycles. The van der Waals surface area contributed by atoms with Gasteiger partial charge in [-0.1, -0.05) is 42.5 Å². The number of allylic oxidation sites excluding steroid dienone is 2. The van der Waals surface area contributed by atoms with Gasteiger partial charge in [0.05, 0.1) is 39.6 Å². The van der Waals surface area contributed by atoms with E-state index in [1.807, 2.05) is 30.3 Å². The lowest BCUT2D eigenvalue weighted by molar-refractivity contribution is -0.143. The first-order valence-electron chi connectivity index (χ1n) is 10.5. The van der Waals surface area contributed by atoms with E-state index in [2.05, 4.69) is 0 Å². The summed E-state index contributed by atoms with van der Waals surface area (Å²) < 4.78 is 19.9. The molecule has 1 unspecified atom stereocenters. The molecule has 0 N–H and O–H groups in total. The zero-order valence-corrected chi connectivity index (χ0v) is 20.0. The molecule has 0 spiro atoms. The van der Waals surface area contributed by atoms with E-state index < -0.39 is 40.6 Å². The maximum Gasteiger partial charge on any atom is 0.355 e. The Balaban J connectivity index is 2.55. The van der Waals surface area contributed by atoms with Crippen LogP contribution in [0.4, 0.5) is 0 Å². The van der Waals surface area contributed by atoms with Gasteiger partial charge in [-0.25, -0.2) is 19.2 Å². The molecular weight excluding hydrogens is 454 g/mol. The number of rotatable bonds is 6. The maximum atomic E-state index is 13.3. The summed E-state index contributed by atoms with van der Waals surface area (Å²) in [6.45, 7) is 1.74. The molecule has 0 radical (unpaired) electrons. The molecule has 0 fully saturated rings. The number of esters is 4. The summed E-state index contributed by atoms with van der Waals surface area (Å²) in [6.07, 6.45) is 8.22. The molecule has 1 aromatic carbocycles. The zero-order chi connectivity index (χ0) is 25.8. The van der Waals surface area contributed by atoms with E-state index in [-0.39, 0.29) is 11.3 Å². The molecule has 0 aliphatic carbocycles. The first-order valence-corrected chi connectivity index (χ1v) is 10.5. The third kappa shape index (κ3) is 4.16. The third-order valence-electron chi connectivity index (χ3n) is 5.75. The maximum absolute atomic E-state index is 13.3. The van der Waals surface area contributed by atoms with Gasteiger partial charge in [0.25, 0.3) is 0 Å². The molecule has 0 aromatic heterocycles. The van der Waals surface area contributed by atoms with Crippen LogP contribution in [0.3, 0.4) is 0 Å². The summed E-state index contributed by atoms with van der Waals surface area (Å²) in [5, 5.41) is 0. The average Bonchev–Trinajstić information content (AvgIpc) is 2.90. The Kier molecular flexibility index (Phi) is 7.39. The van der Waals surface area contributed by atoms with E-state index in [9.17, 15) is 19.2 Å². The standard InChI is InChI=1S/C26H25NO8/c1-16(15-17-11-7-6-8-12-17)26-13-9-10-14-27(26)21(25(31)35-5)19(23(29)33-3)18(22(28)32-2)20(26)24(30)34-4/h6-15H,1-5H3. The van der Waals surface area contributed by atoms with Crippen molar-refractivity contribution in [2.75, 3.05) is 28.4 Å². The van der Waals surface area contributed by atoms with Crippen LogP contribution in [0.2, 0.25) is 0 Å². The monoisotopic (exact) mass is 479 g/mol. The van der Waals surface area contributed by atoms with Gasteiger partial charge < -0.3 is 23.8 Å². The van der Waals surface area contributed by atoms with E-state index >= 15 is 0 Å². The van der Waals surface area contributed by atoms with Crippen LogP contribution in [0, 0.1) is 0 Å². The number of fused-ring (bicyclic) bond motifs is 1. The molecule has 3 rings (SSSR count). The highest BCUT2D eigenvalue weighted by Gasteiger charge is 2.55. The van der Waals surface area contributed by atoms with Crippen molar-refractivity contribution in [2.45, 2.75) is 12.5 Å². The van der Waals surface area contributed by atoms with Gasteiger partial charge in [-0.15, -0.1) is 0 Å². The summed E-state index contributed by atoms with van der Waals surface area (Å²) in [7, 11) is 4.47. The lowest BCUT2D eigenvalue weighted by Crippen LogP contribution is -2.55. The number of ether oxygens (including phenoxy) is 4. The minimum absolute atomic E-state index is 0.217. The topological polar surface area (TPSA) is 108 Å². The number of benzene rings is 1. The normalized spacial score (nSPS) is 19.2. The largest absolute Gasteiger partial charge is 0.466 e. The number of carbonyl (C=O) groups excluding carboxylic acids is 4. The second-order valence-electron chi connectivity index (χ2n) is 7.51. The van der Waals surface area contributed by atoms with Gasteiger partial charge in [0.2, 0.25) is 0 Å². The average molecular weight is 479 g/mol. The first kappa shape index (κ1) is 25.2. The van der Waals surface area contributed by atoms with Gasteiger partial charge in [0.15, 0.2) is 0 Å². The number of carbonyl (C=O) groups is 4. The highest BCUT2D eigenvalue weighted by molar-refractivity contribution is 6.17. The molecular formula is C26H25NO8. The van der Waals surface area contributed by atoms with Crippen molar-refractivity contribution < 1.29 is 38.1 Å². The SMILES string of the molecule is COC(=O)C1=C(C(=O)OC)N2C=CC=CC2(C(C)=Cc2ccccc2)C(C(=O)OC)=C1C(=O)OC. The van der Waals surface area contributed by atoms with Crippen LogP contribution < -0.4 is 0 Å². The van der Waals surface area contributed by atoms with Crippen LogP contribution in [-0.4, -0.2) is 62.8 Å². The smallest absolute Gasteiger partial charge is 0.355 e. The Labute approximate surface area is 202 Å². The van der Waals surface area contributed by atoms with E-state index in [1.54, 1.807) is 31.2 Å². The summed E-state index contributed by atoms with van der Waals surface area (Å²) in [5.41, 5.74) is -1.65. The molecule has 2 aliphatic heterocycles. The Morgan fingerprint density at radius 2 is 1.34 bits per heavy atom. The van der Waals surface area contributed by atoms with Crippen LogP contribution in [0.15, 0.2) is 82.7 Å². The quantitative estimate of drug-likeness (QED) is 0.449.